The van der Waals surface area contributed by atoms with Crippen LogP contribution in [-0.2, 0) is 4.79 Å². The Hall–Kier alpha value is -5.29. The lowest BCUT2D eigenvalue weighted by molar-refractivity contribution is -0.130. The SMILES string of the molecule is COc1ccc(C2CC(c3cc(OC)c(OC)c(OC)c3)=NN2C(C)=O)cc1OCCCCOc1cccc(-c2nc3ccccc3s2)c1. The van der Waals surface area contributed by atoms with Gasteiger partial charge in [0.2, 0.25) is 11.7 Å². The molecule has 1 aliphatic heterocycles. The molecule has 0 saturated carbocycles. The molecule has 0 bridgehead atoms. The number of amides is 1. The van der Waals surface area contributed by atoms with Gasteiger partial charge in [0.15, 0.2) is 23.0 Å². The number of unbranched alkanes of at least 4 members (excludes halogenated alkanes) is 1. The molecule has 0 fully saturated rings. The topological polar surface area (TPSA) is 101 Å². The van der Waals surface area contributed by atoms with Gasteiger partial charge in [0.25, 0.3) is 0 Å². The minimum atomic E-state index is -0.327. The first-order valence-electron chi connectivity index (χ1n) is 16.0. The van der Waals surface area contributed by atoms with E-state index in [-0.39, 0.29) is 11.9 Å². The minimum Gasteiger partial charge on any atom is -0.494 e. The molecule has 1 atom stereocenters. The average molecular weight is 682 g/mol. The van der Waals surface area contributed by atoms with Crippen molar-refractivity contribution in [3.05, 3.63) is 90.0 Å². The molecule has 11 heteroatoms. The standard InChI is InChI=1S/C38H39N3O7S/c1-24(42)41-31(23-30(40-41)27-21-34(44-3)37(46-5)35(22-27)45-4)25-15-16-32(43-2)33(20-25)48-18-9-8-17-47-28-12-10-11-26(19-28)38-39-29-13-6-7-14-36(29)49-38/h6-7,10-16,19-22,31H,8-9,17-18,23H2,1-5H3. The van der Waals surface area contributed by atoms with Gasteiger partial charge in [0.05, 0.1) is 63.6 Å². The van der Waals surface area contributed by atoms with E-state index in [1.54, 1.807) is 39.8 Å². The summed E-state index contributed by atoms with van der Waals surface area (Å²) in [5.74, 6) is 3.38. The monoisotopic (exact) mass is 681 g/mol. The number of carbonyl (C=O) groups is 1. The second-order valence-corrected chi connectivity index (χ2v) is 12.4. The van der Waals surface area contributed by atoms with Crippen molar-refractivity contribution in [1.82, 2.24) is 9.99 Å². The van der Waals surface area contributed by atoms with E-state index in [1.807, 2.05) is 66.7 Å². The number of rotatable bonds is 14. The third-order valence-corrected chi connectivity index (χ3v) is 9.33. The number of hydrogen-bond acceptors (Lipinski definition) is 10. The molecule has 49 heavy (non-hydrogen) atoms. The first-order valence-corrected chi connectivity index (χ1v) is 16.8. The van der Waals surface area contributed by atoms with Crippen LogP contribution in [0.4, 0.5) is 0 Å². The number of hydrogen-bond donors (Lipinski definition) is 0. The predicted octanol–water partition coefficient (Wildman–Crippen LogP) is 7.93. The first-order chi connectivity index (χ1) is 23.9. The summed E-state index contributed by atoms with van der Waals surface area (Å²) in [5.41, 5.74) is 4.43. The van der Waals surface area contributed by atoms with E-state index in [0.717, 1.165) is 51.5 Å². The van der Waals surface area contributed by atoms with Gasteiger partial charge in [-0.3, -0.25) is 4.79 Å². The zero-order valence-electron chi connectivity index (χ0n) is 28.2. The summed E-state index contributed by atoms with van der Waals surface area (Å²) in [6, 6.07) is 25.3. The largest absolute Gasteiger partial charge is 0.494 e. The molecule has 0 saturated heterocycles. The van der Waals surface area contributed by atoms with Crippen LogP contribution in [0.5, 0.6) is 34.5 Å². The molecular formula is C38H39N3O7S. The number of fused-ring (bicyclic) bond motifs is 1. The molecule has 1 aromatic heterocycles. The van der Waals surface area contributed by atoms with Crippen LogP contribution >= 0.6 is 11.3 Å². The van der Waals surface area contributed by atoms with E-state index in [4.69, 9.17) is 38.5 Å². The number of methoxy groups -OCH3 is 4. The lowest BCUT2D eigenvalue weighted by Crippen LogP contribution is -2.24. The van der Waals surface area contributed by atoms with Crippen LogP contribution in [0.2, 0.25) is 0 Å². The quantitative estimate of drug-likeness (QED) is 0.109. The van der Waals surface area contributed by atoms with E-state index < -0.39 is 0 Å². The average Bonchev–Trinajstić information content (AvgIpc) is 3.78. The third kappa shape index (κ3) is 7.41. The number of thiazole rings is 1. The van der Waals surface area contributed by atoms with Gasteiger partial charge >= 0.3 is 0 Å². The highest BCUT2D eigenvalue weighted by atomic mass is 32.1. The van der Waals surface area contributed by atoms with Crippen molar-refractivity contribution in [2.45, 2.75) is 32.2 Å². The number of carbonyl (C=O) groups excluding carboxylic acids is 1. The zero-order valence-corrected chi connectivity index (χ0v) is 29.0. The van der Waals surface area contributed by atoms with E-state index >= 15 is 0 Å². The van der Waals surface area contributed by atoms with Gasteiger partial charge < -0.3 is 28.4 Å². The molecule has 0 aliphatic carbocycles. The summed E-state index contributed by atoms with van der Waals surface area (Å²) in [6.45, 7) is 2.54. The Kier molecular flexibility index (Phi) is 10.5. The number of para-hydroxylation sites is 1. The Morgan fingerprint density at radius 3 is 2.20 bits per heavy atom. The molecule has 1 aliphatic rings. The Balaban J connectivity index is 1.07. The maximum atomic E-state index is 12.7. The third-order valence-electron chi connectivity index (χ3n) is 8.24. The highest BCUT2D eigenvalue weighted by Gasteiger charge is 2.33. The fraction of sp³-hybridized carbons (Fsp3) is 0.289. The van der Waals surface area contributed by atoms with E-state index in [9.17, 15) is 4.79 Å². The lowest BCUT2D eigenvalue weighted by Gasteiger charge is -2.22. The lowest BCUT2D eigenvalue weighted by atomic mass is 9.97. The number of hydrazone groups is 1. The van der Waals surface area contributed by atoms with Crippen molar-refractivity contribution >= 4 is 33.2 Å². The zero-order chi connectivity index (χ0) is 34.3. The molecule has 2 heterocycles. The second-order valence-electron chi connectivity index (χ2n) is 11.4. The summed E-state index contributed by atoms with van der Waals surface area (Å²) in [4.78, 5) is 17.5. The molecule has 6 rings (SSSR count). The fourth-order valence-corrected chi connectivity index (χ4v) is 6.75. The summed E-state index contributed by atoms with van der Waals surface area (Å²) in [7, 11) is 6.31. The van der Waals surface area contributed by atoms with Crippen molar-refractivity contribution in [1.29, 1.82) is 0 Å². The van der Waals surface area contributed by atoms with E-state index in [0.29, 0.717) is 48.4 Å². The molecular weight excluding hydrogens is 642 g/mol. The van der Waals surface area contributed by atoms with Gasteiger partial charge in [0, 0.05) is 24.5 Å². The molecule has 254 valence electrons. The van der Waals surface area contributed by atoms with Crippen LogP contribution < -0.4 is 28.4 Å². The summed E-state index contributed by atoms with van der Waals surface area (Å²) >= 11 is 1.68. The maximum absolute atomic E-state index is 12.7. The highest BCUT2D eigenvalue weighted by Crippen LogP contribution is 2.42. The van der Waals surface area contributed by atoms with Crippen LogP contribution in [0.25, 0.3) is 20.8 Å². The van der Waals surface area contributed by atoms with Crippen LogP contribution in [0.15, 0.2) is 84.0 Å². The predicted molar refractivity (Wildman–Crippen MR) is 191 cm³/mol. The Morgan fingerprint density at radius 1 is 0.776 bits per heavy atom. The van der Waals surface area contributed by atoms with Crippen LogP contribution in [0.3, 0.4) is 0 Å². The number of nitrogens with zero attached hydrogens (tertiary/aromatic N) is 3. The molecule has 0 spiro atoms. The van der Waals surface area contributed by atoms with Gasteiger partial charge in [-0.2, -0.15) is 5.10 Å². The number of aromatic nitrogens is 1. The number of ether oxygens (including phenoxy) is 6. The second kappa shape index (κ2) is 15.3. The van der Waals surface area contributed by atoms with Crippen LogP contribution in [-0.4, -0.2) is 63.3 Å². The van der Waals surface area contributed by atoms with Crippen molar-refractivity contribution in [3.63, 3.8) is 0 Å². The summed E-state index contributed by atoms with van der Waals surface area (Å²) in [5, 5.41) is 7.19. The highest BCUT2D eigenvalue weighted by molar-refractivity contribution is 7.21. The van der Waals surface area contributed by atoms with Gasteiger partial charge in [-0.05, 0) is 66.9 Å². The molecule has 4 aromatic carbocycles. The van der Waals surface area contributed by atoms with Crippen molar-refractivity contribution in [2.24, 2.45) is 5.10 Å². The van der Waals surface area contributed by atoms with Crippen molar-refractivity contribution < 1.29 is 33.2 Å². The summed E-state index contributed by atoms with van der Waals surface area (Å²) < 4.78 is 35.6. The van der Waals surface area contributed by atoms with Crippen LogP contribution in [0.1, 0.15) is 43.4 Å². The van der Waals surface area contributed by atoms with E-state index in [2.05, 4.69) is 12.1 Å². The Bertz CT molecular complexity index is 1920. The molecule has 0 radical (unpaired) electrons. The molecule has 1 unspecified atom stereocenters. The smallest absolute Gasteiger partial charge is 0.240 e. The molecule has 1 amide bonds. The molecule has 5 aromatic rings. The van der Waals surface area contributed by atoms with E-state index in [1.165, 1.54) is 16.6 Å². The van der Waals surface area contributed by atoms with Crippen molar-refractivity contribution in [3.8, 4) is 45.1 Å². The summed E-state index contributed by atoms with van der Waals surface area (Å²) in [6.07, 6.45) is 2.07. The molecule has 0 N–H and O–H groups in total. The van der Waals surface area contributed by atoms with Gasteiger partial charge in [-0.25, -0.2) is 9.99 Å². The number of benzene rings is 4. The normalized spacial score (nSPS) is 14.0. The fourth-order valence-electron chi connectivity index (χ4n) is 5.79. The minimum absolute atomic E-state index is 0.170. The van der Waals surface area contributed by atoms with Gasteiger partial charge in [-0.1, -0.05) is 30.3 Å². The van der Waals surface area contributed by atoms with Crippen molar-refractivity contribution in [2.75, 3.05) is 41.7 Å². The van der Waals surface area contributed by atoms with Crippen LogP contribution in [0, 0.1) is 0 Å². The maximum Gasteiger partial charge on any atom is 0.240 e. The first kappa shape index (κ1) is 33.6. The molecule has 10 nitrogen and oxygen atoms in total. The Morgan fingerprint density at radius 2 is 1.51 bits per heavy atom. The Labute approximate surface area is 289 Å². The van der Waals surface area contributed by atoms with Gasteiger partial charge in [-0.15, -0.1) is 11.3 Å². The van der Waals surface area contributed by atoms with Gasteiger partial charge in [0.1, 0.15) is 10.8 Å².